The zero-order chi connectivity index (χ0) is 56.8. The number of ether oxygens (including phenoxy) is 1. The molecule has 9 aromatic carbocycles. The van der Waals surface area contributed by atoms with E-state index < -0.39 is 72.2 Å². The third-order valence-electron chi connectivity index (χ3n) is 12.3. The average molecular weight is 1090 g/mol. The maximum atomic E-state index is 9.60. The molecule has 3 heterocycles. The summed E-state index contributed by atoms with van der Waals surface area (Å²) in [6, 6.07) is 52.0. The SMILES string of the molecule is [2H]c1c([2H])c([2H])c(-c2cccc(-c3c([2H])c([2H])c([2H])c([2H])c3[2H])c2-[n+]2[c-]n(-c3[c-]c(Oc4[c-]c5c(cc4)c4cc(-c6ccccc6)ccc4n5-c4cc(C([2H])([2H])C(C)(C)c5ccccc5)ccn4)ccc3)c3ccccc32)c([2H])c1[2H].[Pt]. The molecule has 0 amide bonds. The summed E-state index contributed by atoms with van der Waals surface area (Å²) >= 11 is 0. The van der Waals surface area contributed by atoms with E-state index in [1.165, 1.54) is 0 Å². The molecule has 12 aromatic rings. The number of aromatic nitrogens is 4. The van der Waals surface area contributed by atoms with Crippen LogP contribution in [0.2, 0.25) is 0 Å². The topological polar surface area (TPSA) is 35.9 Å². The number of benzene rings is 9. The second-order valence-corrected chi connectivity index (χ2v) is 17.0. The van der Waals surface area contributed by atoms with Crippen LogP contribution in [0.4, 0.5) is 0 Å². The summed E-state index contributed by atoms with van der Waals surface area (Å²) in [5, 5.41) is 1.78. The van der Waals surface area contributed by atoms with E-state index in [0.29, 0.717) is 45.1 Å². The minimum atomic E-state index is -1.83. The first-order valence-corrected chi connectivity index (χ1v) is 22.4. The summed E-state index contributed by atoms with van der Waals surface area (Å²) in [4.78, 5) is 4.86. The van der Waals surface area contributed by atoms with Gasteiger partial charge in [0.1, 0.15) is 5.82 Å². The van der Waals surface area contributed by atoms with E-state index in [9.17, 15) is 2.74 Å². The first-order chi connectivity index (χ1) is 38.9. The van der Waals surface area contributed by atoms with Crippen molar-refractivity contribution >= 4 is 32.8 Å². The second kappa shape index (κ2) is 18.8. The van der Waals surface area contributed by atoms with E-state index in [0.717, 1.165) is 33.0 Å². The number of para-hydroxylation sites is 3. The molecule has 70 heavy (non-hydrogen) atoms. The van der Waals surface area contributed by atoms with Crippen LogP contribution in [-0.2, 0) is 32.9 Å². The Hall–Kier alpha value is -8.11. The molecule has 0 atom stereocenters. The number of fused-ring (bicyclic) bond motifs is 4. The van der Waals surface area contributed by atoms with Crippen molar-refractivity contribution in [1.82, 2.24) is 14.1 Å². The first-order valence-electron chi connectivity index (χ1n) is 28.4. The first kappa shape index (κ1) is 32.6. The average Bonchev–Trinajstić information content (AvgIpc) is 2.72. The number of hydrogen-bond donors (Lipinski definition) is 0. The van der Waals surface area contributed by atoms with Gasteiger partial charge in [-0.3, -0.25) is 4.57 Å². The van der Waals surface area contributed by atoms with Crippen molar-refractivity contribution in [2.75, 3.05) is 0 Å². The van der Waals surface area contributed by atoms with Crippen molar-refractivity contribution in [3.63, 3.8) is 0 Å². The minimum Gasteiger partial charge on any atom is -0.510 e. The molecule has 0 aliphatic heterocycles. The molecule has 0 unspecified atom stereocenters. The van der Waals surface area contributed by atoms with Gasteiger partial charge in [0.25, 0.3) is 6.33 Å². The zero-order valence-electron chi connectivity index (χ0n) is 49.7. The standard InChI is InChI=1S/C64H46N4O.Pt/c1-64(2,50-25-13-6-14-26-50)43-45-37-38-65-62(39-45)68-58-36-33-49(46-19-7-3-8-20-46)40-57(58)56-35-34-53(42-61(56)68)69-52-28-17-27-51(41-52)66-44-67(60-32-16-15-31-59(60)66)63-54(47-21-9-4-10-22-47)29-18-30-55(63)48-23-11-5-12-24-48;/h3-40H,43H2,1-2H3;/q-2;/i4D,5D,9D,10D,11D,12D,21D,22D,23D,24D,43D2;. The summed E-state index contributed by atoms with van der Waals surface area (Å²) in [7, 11) is 0. The smallest absolute Gasteiger partial charge is 0.268 e. The number of rotatable bonds is 11. The Kier molecular flexibility index (Phi) is 8.74. The van der Waals surface area contributed by atoms with Crippen LogP contribution in [0.25, 0.3) is 83.4 Å². The molecule has 12 rings (SSSR count). The van der Waals surface area contributed by atoms with Gasteiger partial charge < -0.3 is 13.9 Å². The maximum Gasteiger partial charge on any atom is 0.268 e. The fourth-order valence-corrected chi connectivity index (χ4v) is 9.04. The fourth-order valence-electron chi connectivity index (χ4n) is 9.04. The van der Waals surface area contributed by atoms with Gasteiger partial charge in [0.05, 0.1) is 30.4 Å². The van der Waals surface area contributed by atoms with Crippen molar-refractivity contribution < 1.29 is 46.8 Å². The van der Waals surface area contributed by atoms with Crippen molar-refractivity contribution in [2.24, 2.45) is 0 Å². The van der Waals surface area contributed by atoms with Crippen LogP contribution in [0.1, 0.15) is 41.4 Å². The largest absolute Gasteiger partial charge is 0.510 e. The normalized spacial score (nSPS) is 14.1. The van der Waals surface area contributed by atoms with Crippen molar-refractivity contribution in [1.29, 1.82) is 0 Å². The number of imidazole rings is 1. The summed E-state index contributed by atoms with van der Waals surface area (Å²) in [6.07, 6.45) is 3.21. The van der Waals surface area contributed by atoms with Gasteiger partial charge in [-0.1, -0.05) is 195 Å². The maximum absolute atomic E-state index is 9.60. The van der Waals surface area contributed by atoms with Crippen molar-refractivity contribution in [3.05, 3.63) is 260 Å². The van der Waals surface area contributed by atoms with E-state index >= 15 is 0 Å². The summed E-state index contributed by atoms with van der Waals surface area (Å²) in [6.45, 7) is 3.81. The number of hydrogen-bond acceptors (Lipinski definition) is 2. The van der Waals surface area contributed by atoms with Gasteiger partial charge in [0.2, 0.25) is 0 Å². The molecule has 0 N–H and O–H groups in total. The Labute approximate surface area is 439 Å². The van der Waals surface area contributed by atoms with Crippen molar-refractivity contribution in [3.8, 4) is 62.1 Å². The van der Waals surface area contributed by atoms with Crippen LogP contribution in [0.5, 0.6) is 11.5 Å². The van der Waals surface area contributed by atoms with Crippen LogP contribution in [0, 0.1) is 18.5 Å². The van der Waals surface area contributed by atoms with Gasteiger partial charge in [-0.15, -0.1) is 29.7 Å². The molecule has 0 saturated heterocycles. The van der Waals surface area contributed by atoms with Crippen LogP contribution in [0.3, 0.4) is 0 Å². The van der Waals surface area contributed by atoms with Crippen LogP contribution < -0.4 is 9.30 Å². The Balaban J connectivity index is 0.00000705. The molecule has 0 aliphatic rings. The molecule has 0 aliphatic carbocycles. The molecule has 3 aromatic heterocycles. The van der Waals surface area contributed by atoms with E-state index in [-0.39, 0.29) is 49.0 Å². The molecule has 0 radical (unpaired) electrons. The molecular weight excluding hydrogens is 1040 g/mol. The molecule has 0 spiro atoms. The predicted octanol–water partition coefficient (Wildman–Crippen LogP) is 15.1. The van der Waals surface area contributed by atoms with Gasteiger partial charge in [-0.05, 0) is 85.6 Å². The Morgan fingerprint density at radius 3 is 2.01 bits per heavy atom. The summed E-state index contributed by atoms with van der Waals surface area (Å²) in [5.74, 6) is 1.12. The number of nitrogens with zero attached hydrogens (tertiary/aromatic N) is 4. The van der Waals surface area contributed by atoms with Crippen LogP contribution in [-0.4, -0.2) is 14.1 Å². The summed E-state index contributed by atoms with van der Waals surface area (Å²) < 4.78 is 119. The zero-order valence-corrected chi connectivity index (χ0v) is 40.0. The van der Waals surface area contributed by atoms with Gasteiger partial charge in [0.15, 0.2) is 0 Å². The molecular formula is C64H46N4OPt-2. The monoisotopic (exact) mass is 1090 g/mol. The van der Waals surface area contributed by atoms with E-state index in [4.69, 9.17) is 23.4 Å². The Bertz CT molecular complexity index is 4380. The molecule has 0 bridgehead atoms. The third-order valence-corrected chi connectivity index (χ3v) is 12.3. The predicted molar refractivity (Wildman–Crippen MR) is 279 cm³/mol. The Morgan fingerprint density at radius 2 is 1.27 bits per heavy atom. The van der Waals surface area contributed by atoms with Crippen molar-refractivity contribution in [2.45, 2.75) is 25.6 Å². The van der Waals surface area contributed by atoms with Crippen LogP contribution >= 0.6 is 0 Å². The number of pyridine rings is 1. The summed E-state index contributed by atoms with van der Waals surface area (Å²) in [5.41, 5.74) is 5.49. The van der Waals surface area contributed by atoms with Gasteiger partial charge in [-0.2, -0.15) is 18.2 Å². The quantitative estimate of drug-likeness (QED) is 0.0956. The van der Waals surface area contributed by atoms with Gasteiger partial charge in [0, 0.05) is 47.0 Å². The molecule has 0 saturated carbocycles. The molecule has 5 nitrogen and oxygen atoms in total. The molecule has 340 valence electrons. The molecule has 6 heteroatoms. The Morgan fingerprint density at radius 1 is 0.600 bits per heavy atom. The van der Waals surface area contributed by atoms with E-state index in [2.05, 4.69) is 42.7 Å². The van der Waals surface area contributed by atoms with E-state index in [1.54, 1.807) is 76.0 Å². The van der Waals surface area contributed by atoms with Gasteiger partial charge in [-0.25, -0.2) is 4.98 Å². The minimum absolute atomic E-state index is 0. The molecule has 0 fully saturated rings. The van der Waals surface area contributed by atoms with Crippen LogP contribution in [0.15, 0.2) is 230 Å². The second-order valence-electron chi connectivity index (χ2n) is 17.0. The van der Waals surface area contributed by atoms with Gasteiger partial charge >= 0.3 is 0 Å². The fraction of sp³-hybridized carbons (Fsp3) is 0.0625. The van der Waals surface area contributed by atoms with E-state index in [1.807, 2.05) is 97.3 Å². The third kappa shape index (κ3) is 8.33.